The van der Waals surface area contributed by atoms with Crippen molar-refractivity contribution in [2.75, 3.05) is 6.61 Å². The van der Waals surface area contributed by atoms with Crippen molar-refractivity contribution in [2.45, 2.75) is 33.2 Å². The Morgan fingerprint density at radius 3 is 2.75 bits per heavy atom. The zero-order valence-corrected chi connectivity index (χ0v) is 19.7. The molecule has 4 aromatic rings. The van der Waals surface area contributed by atoms with Crippen LogP contribution >= 0.6 is 15.9 Å². The van der Waals surface area contributed by atoms with E-state index in [2.05, 4.69) is 26.0 Å². The Kier molecular flexibility index (Phi) is 6.23. The van der Waals surface area contributed by atoms with Crippen LogP contribution in [0.3, 0.4) is 0 Å². The Morgan fingerprint density at radius 2 is 2.00 bits per heavy atom. The van der Waals surface area contributed by atoms with E-state index in [0.29, 0.717) is 29.8 Å². The number of nitrogens with zero attached hydrogens (tertiary/aromatic N) is 4. The predicted octanol–water partition coefficient (Wildman–Crippen LogP) is 4.68. The van der Waals surface area contributed by atoms with Crippen LogP contribution in [0.25, 0.3) is 21.8 Å². The summed E-state index contributed by atoms with van der Waals surface area (Å²) in [5.41, 5.74) is 2.09. The highest BCUT2D eigenvalue weighted by Gasteiger charge is 2.19. The van der Waals surface area contributed by atoms with Gasteiger partial charge in [-0.25, -0.2) is 9.78 Å². The minimum atomic E-state index is -0.490. The molecule has 0 amide bonds. The Bertz CT molecular complexity index is 1400. The Morgan fingerprint density at radius 1 is 1.22 bits per heavy atom. The fourth-order valence-corrected chi connectivity index (χ4v) is 4.06. The standard InChI is InChI=1S/C24H23BrN4O3/c1-4-22-27-20-11-10-17(25)12-19(20)23(30)29(22)26-13-16-14-28(15(3)24(31)32-5-2)21-9-7-6-8-18(16)21/h6-15H,4-5H2,1-3H3/t15-/m1/s1. The van der Waals surface area contributed by atoms with Crippen molar-refractivity contribution in [1.82, 2.24) is 14.2 Å². The summed E-state index contributed by atoms with van der Waals surface area (Å²) in [6, 6.07) is 12.7. The number of aromatic nitrogens is 3. The number of ether oxygens (including phenoxy) is 1. The maximum absolute atomic E-state index is 13.1. The number of hydrogen-bond acceptors (Lipinski definition) is 5. The van der Waals surface area contributed by atoms with E-state index < -0.39 is 6.04 Å². The quantitative estimate of drug-likeness (QED) is 0.288. The van der Waals surface area contributed by atoms with Crippen molar-refractivity contribution in [3.8, 4) is 0 Å². The maximum Gasteiger partial charge on any atom is 0.328 e. The van der Waals surface area contributed by atoms with Crippen LogP contribution in [-0.2, 0) is 16.0 Å². The van der Waals surface area contributed by atoms with E-state index in [0.717, 1.165) is 20.9 Å². The third-order valence-corrected chi connectivity index (χ3v) is 5.81. The number of benzene rings is 2. The monoisotopic (exact) mass is 494 g/mol. The number of carbonyl (C=O) groups is 1. The second-order valence-corrected chi connectivity index (χ2v) is 8.26. The fraction of sp³-hybridized carbons (Fsp3) is 0.250. The van der Waals surface area contributed by atoms with E-state index in [1.165, 1.54) is 4.68 Å². The summed E-state index contributed by atoms with van der Waals surface area (Å²) in [6.45, 7) is 5.85. The molecule has 0 aliphatic carbocycles. The van der Waals surface area contributed by atoms with Crippen LogP contribution in [0.1, 0.15) is 38.2 Å². The molecular formula is C24H23BrN4O3. The summed E-state index contributed by atoms with van der Waals surface area (Å²) < 4.78 is 9.21. The number of carbonyl (C=O) groups excluding carboxylic acids is 1. The first-order chi connectivity index (χ1) is 15.4. The van der Waals surface area contributed by atoms with Gasteiger partial charge in [-0.3, -0.25) is 4.79 Å². The van der Waals surface area contributed by atoms with E-state index in [-0.39, 0.29) is 11.5 Å². The van der Waals surface area contributed by atoms with Crippen molar-refractivity contribution < 1.29 is 9.53 Å². The summed E-state index contributed by atoms with van der Waals surface area (Å²) in [5.74, 6) is 0.273. The van der Waals surface area contributed by atoms with E-state index in [1.807, 2.05) is 54.1 Å². The lowest BCUT2D eigenvalue weighted by Crippen LogP contribution is -2.22. The molecule has 0 spiro atoms. The van der Waals surface area contributed by atoms with Gasteiger partial charge in [0.1, 0.15) is 11.9 Å². The molecule has 0 N–H and O–H groups in total. The van der Waals surface area contributed by atoms with Gasteiger partial charge in [-0.1, -0.05) is 41.1 Å². The molecule has 4 rings (SSSR count). The molecule has 7 nitrogen and oxygen atoms in total. The first-order valence-electron chi connectivity index (χ1n) is 10.5. The van der Waals surface area contributed by atoms with Crippen molar-refractivity contribution >= 4 is 49.9 Å². The largest absolute Gasteiger partial charge is 0.464 e. The van der Waals surface area contributed by atoms with Gasteiger partial charge in [0.25, 0.3) is 5.56 Å². The number of esters is 1. The van der Waals surface area contributed by atoms with Crippen molar-refractivity contribution in [2.24, 2.45) is 5.10 Å². The van der Waals surface area contributed by atoms with E-state index in [4.69, 9.17) is 4.74 Å². The second kappa shape index (κ2) is 9.08. The van der Waals surface area contributed by atoms with Gasteiger partial charge in [0.15, 0.2) is 0 Å². The molecule has 2 aromatic heterocycles. The lowest BCUT2D eigenvalue weighted by atomic mass is 10.2. The average Bonchev–Trinajstić information content (AvgIpc) is 3.17. The molecule has 0 bridgehead atoms. The van der Waals surface area contributed by atoms with Gasteiger partial charge in [-0.15, -0.1) is 0 Å². The number of fused-ring (bicyclic) bond motifs is 2. The molecule has 2 heterocycles. The Labute approximate surface area is 193 Å². The summed E-state index contributed by atoms with van der Waals surface area (Å²) in [5, 5.41) is 5.92. The van der Waals surface area contributed by atoms with Gasteiger partial charge in [-0.05, 0) is 38.1 Å². The van der Waals surface area contributed by atoms with Gasteiger partial charge in [0, 0.05) is 33.6 Å². The molecule has 0 aliphatic heterocycles. The summed E-state index contributed by atoms with van der Waals surface area (Å²) in [6.07, 6.45) is 4.06. The minimum absolute atomic E-state index is 0.229. The number of para-hydroxylation sites is 1. The topological polar surface area (TPSA) is 78.5 Å². The first kappa shape index (κ1) is 22.0. The molecule has 2 aromatic carbocycles. The number of aryl methyl sites for hydroxylation is 1. The van der Waals surface area contributed by atoms with Gasteiger partial charge >= 0.3 is 5.97 Å². The predicted molar refractivity (Wildman–Crippen MR) is 129 cm³/mol. The summed E-state index contributed by atoms with van der Waals surface area (Å²) >= 11 is 3.41. The molecule has 0 unspecified atom stereocenters. The van der Waals surface area contributed by atoms with E-state index >= 15 is 0 Å². The fourth-order valence-electron chi connectivity index (χ4n) is 3.69. The van der Waals surface area contributed by atoms with E-state index in [1.54, 1.807) is 26.1 Å². The number of hydrogen-bond donors (Lipinski definition) is 0. The molecule has 0 saturated carbocycles. The van der Waals surface area contributed by atoms with Crippen molar-refractivity contribution in [3.05, 3.63) is 74.9 Å². The Hall–Kier alpha value is -3.26. The highest BCUT2D eigenvalue weighted by molar-refractivity contribution is 9.10. The van der Waals surface area contributed by atoms with Crippen LogP contribution in [0.15, 0.2) is 63.0 Å². The normalized spacial score (nSPS) is 12.6. The molecule has 0 saturated heterocycles. The molecule has 0 fully saturated rings. The van der Waals surface area contributed by atoms with Crippen molar-refractivity contribution in [1.29, 1.82) is 0 Å². The zero-order chi connectivity index (χ0) is 22.8. The lowest BCUT2D eigenvalue weighted by Gasteiger charge is -2.13. The summed E-state index contributed by atoms with van der Waals surface area (Å²) in [4.78, 5) is 30.1. The maximum atomic E-state index is 13.1. The van der Waals surface area contributed by atoms with E-state index in [9.17, 15) is 9.59 Å². The molecule has 32 heavy (non-hydrogen) atoms. The van der Waals surface area contributed by atoms with Gasteiger partial charge in [-0.2, -0.15) is 9.78 Å². The van der Waals surface area contributed by atoms with Gasteiger partial charge in [0.05, 0.1) is 23.7 Å². The lowest BCUT2D eigenvalue weighted by molar-refractivity contribution is -0.146. The first-order valence-corrected chi connectivity index (χ1v) is 11.3. The molecule has 0 aliphatic rings. The summed E-state index contributed by atoms with van der Waals surface area (Å²) in [7, 11) is 0. The molecule has 1 atom stereocenters. The van der Waals surface area contributed by atoms with Crippen LogP contribution < -0.4 is 5.56 Å². The van der Waals surface area contributed by atoms with Crippen LogP contribution in [-0.4, -0.2) is 33.0 Å². The van der Waals surface area contributed by atoms with Crippen LogP contribution in [0.4, 0.5) is 0 Å². The minimum Gasteiger partial charge on any atom is -0.464 e. The molecule has 0 radical (unpaired) electrons. The van der Waals surface area contributed by atoms with Gasteiger partial charge < -0.3 is 9.30 Å². The molecule has 8 heteroatoms. The average molecular weight is 495 g/mol. The van der Waals surface area contributed by atoms with Gasteiger partial charge in [0.2, 0.25) is 0 Å². The number of halogens is 1. The Balaban J connectivity index is 1.83. The van der Waals surface area contributed by atoms with Crippen molar-refractivity contribution in [3.63, 3.8) is 0 Å². The van der Waals surface area contributed by atoms with Crippen LogP contribution in [0.5, 0.6) is 0 Å². The second-order valence-electron chi connectivity index (χ2n) is 7.34. The smallest absolute Gasteiger partial charge is 0.328 e. The van der Waals surface area contributed by atoms with Crippen LogP contribution in [0, 0.1) is 0 Å². The highest BCUT2D eigenvalue weighted by atomic mass is 79.9. The van der Waals surface area contributed by atoms with Crippen LogP contribution in [0.2, 0.25) is 0 Å². The molecule has 164 valence electrons. The third-order valence-electron chi connectivity index (χ3n) is 5.32. The third kappa shape index (κ3) is 3.98. The zero-order valence-electron chi connectivity index (χ0n) is 18.1. The SMILES string of the molecule is CCOC(=O)[C@@H](C)n1cc(C=Nn2c(CC)nc3ccc(Br)cc3c2=O)c2ccccc21. The molecular weight excluding hydrogens is 472 g/mol. The highest BCUT2D eigenvalue weighted by Crippen LogP contribution is 2.24. The number of rotatable bonds is 6.